The normalized spacial score (nSPS) is 20.1. The second kappa shape index (κ2) is 7.08. The molecule has 1 fully saturated rings. The maximum Gasteiger partial charge on any atom is 0.326 e. The van der Waals surface area contributed by atoms with Crippen molar-refractivity contribution in [2.75, 3.05) is 20.3 Å². The van der Waals surface area contributed by atoms with E-state index in [1.165, 1.54) is 6.92 Å². The minimum Gasteiger partial charge on any atom is -0.480 e. The van der Waals surface area contributed by atoms with Crippen LogP contribution in [0.15, 0.2) is 0 Å². The summed E-state index contributed by atoms with van der Waals surface area (Å²) in [5.41, 5.74) is 0. The first-order chi connectivity index (χ1) is 8.95. The summed E-state index contributed by atoms with van der Waals surface area (Å²) in [6.45, 7) is 2.28. The Morgan fingerprint density at radius 2 is 2.16 bits per heavy atom. The highest BCUT2D eigenvalue weighted by molar-refractivity contribution is 5.88. The summed E-state index contributed by atoms with van der Waals surface area (Å²) >= 11 is 0. The third kappa shape index (κ3) is 4.51. The molecule has 0 saturated carbocycles. The van der Waals surface area contributed by atoms with Crippen LogP contribution >= 0.6 is 0 Å². The first-order valence-electron chi connectivity index (χ1n) is 6.24. The van der Waals surface area contributed by atoms with Crippen LogP contribution in [0.3, 0.4) is 0 Å². The first-order valence-corrected chi connectivity index (χ1v) is 6.24. The standard InChI is InChI=1S/C12H20N2O5/c1-8(15)13-10(12(17)18)6-11(16)14-5-3-4-9(14)7-19-2/h9-10H,3-7H2,1-2H3,(H,13,15)(H,17,18)/t9?,10-/m0/s1. The number of carboxylic acids is 1. The number of carboxylic acid groups (broad SMARTS) is 1. The molecule has 108 valence electrons. The van der Waals surface area contributed by atoms with Gasteiger partial charge in [-0.25, -0.2) is 4.79 Å². The molecule has 1 rings (SSSR count). The van der Waals surface area contributed by atoms with Crippen LogP contribution in [0.1, 0.15) is 26.2 Å². The first kappa shape index (κ1) is 15.4. The van der Waals surface area contributed by atoms with Gasteiger partial charge in [0.15, 0.2) is 0 Å². The topological polar surface area (TPSA) is 95.9 Å². The van der Waals surface area contributed by atoms with E-state index in [-0.39, 0.29) is 18.4 Å². The zero-order chi connectivity index (χ0) is 14.4. The highest BCUT2D eigenvalue weighted by Crippen LogP contribution is 2.18. The fourth-order valence-corrected chi connectivity index (χ4v) is 2.27. The number of amides is 2. The highest BCUT2D eigenvalue weighted by atomic mass is 16.5. The molecule has 1 unspecified atom stereocenters. The molecule has 0 aromatic rings. The fraction of sp³-hybridized carbons (Fsp3) is 0.750. The summed E-state index contributed by atoms with van der Waals surface area (Å²) in [6, 6.07) is -1.17. The number of hydrogen-bond acceptors (Lipinski definition) is 4. The van der Waals surface area contributed by atoms with Crippen LogP contribution in [0.5, 0.6) is 0 Å². The zero-order valence-corrected chi connectivity index (χ0v) is 11.2. The largest absolute Gasteiger partial charge is 0.480 e. The average molecular weight is 272 g/mol. The number of likely N-dealkylation sites (tertiary alicyclic amines) is 1. The molecule has 19 heavy (non-hydrogen) atoms. The predicted octanol–water partition coefficient (Wildman–Crippen LogP) is -0.397. The Hall–Kier alpha value is -1.63. The molecule has 0 aromatic carbocycles. The molecule has 7 heteroatoms. The third-order valence-electron chi connectivity index (χ3n) is 3.11. The number of aliphatic carboxylic acids is 1. The van der Waals surface area contributed by atoms with E-state index in [4.69, 9.17) is 9.84 Å². The van der Waals surface area contributed by atoms with Crippen LogP contribution in [0.4, 0.5) is 0 Å². The van der Waals surface area contributed by atoms with Gasteiger partial charge in [0.05, 0.1) is 19.1 Å². The number of carbonyl (C=O) groups is 3. The SMILES string of the molecule is COCC1CCCN1C(=O)C[C@H](NC(C)=O)C(=O)O. The van der Waals surface area contributed by atoms with Crippen molar-refractivity contribution in [2.45, 2.75) is 38.3 Å². The van der Waals surface area contributed by atoms with Gasteiger partial charge >= 0.3 is 5.97 Å². The van der Waals surface area contributed by atoms with Gasteiger partial charge in [-0.15, -0.1) is 0 Å². The Balaban J connectivity index is 2.60. The summed E-state index contributed by atoms with van der Waals surface area (Å²) in [5.74, 6) is -1.93. The molecule has 1 saturated heterocycles. The average Bonchev–Trinajstić information content (AvgIpc) is 2.76. The van der Waals surface area contributed by atoms with Crippen molar-refractivity contribution in [2.24, 2.45) is 0 Å². The number of hydrogen-bond donors (Lipinski definition) is 2. The molecular formula is C12H20N2O5. The zero-order valence-electron chi connectivity index (χ0n) is 11.2. The molecule has 0 spiro atoms. The quantitative estimate of drug-likeness (QED) is 0.686. The molecule has 7 nitrogen and oxygen atoms in total. The lowest BCUT2D eigenvalue weighted by atomic mass is 10.1. The van der Waals surface area contributed by atoms with Crippen molar-refractivity contribution in [3.8, 4) is 0 Å². The van der Waals surface area contributed by atoms with Gasteiger partial charge in [-0.1, -0.05) is 0 Å². The fourth-order valence-electron chi connectivity index (χ4n) is 2.27. The molecule has 0 bridgehead atoms. The van der Waals surface area contributed by atoms with E-state index < -0.39 is 17.9 Å². The van der Waals surface area contributed by atoms with Gasteiger partial charge in [0.2, 0.25) is 11.8 Å². The van der Waals surface area contributed by atoms with Gasteiger partial charge in [-0.2, -0.15) is 0 Å². The molecule has 0 aromatic heterocycles. The third-order valence-corrected chi connectivity index (χ3v) is 3.11. The Kier molecular flexibility index (Phi) is 5.75. The maximum atomic E-state index is 12.1. The summed E-state index contributed by atoms with van der Waals surface area (Å²) < 4.78 is 5.04. The van der Waals surface area contributed by atoms with E-state index in [9.17, 15) is 14.4 Å². The van der Waals surface area contributed by atoms with Crippen molar-refractivity contribution in [3.63, 3.8) is 0 Å². The second-order valence-corrected chi connectivity index (χ2v) is 4.63. The van der Waals surface area contributed by atoms with E-state index >= 15 is 0 Å². The molecular weight excluding hydrogens is 252 g/mol. The van der Waals surface area contributed by atoms with E-state index in [1.807, 2.05) is 0 Å². The molecule has 1 aliphatic heterocycles. The van der Waals surface area contributed by atoms with Crippen LogP contribution in [-0.4, -0.2) is 60.1 Å². The van der Waals surface area contributed by atoms with Crippen LogP contribution < -0.4 is 5.32 Å². The number of rotatable bonds is 6. The van der Waals surface area contributed by atoms with Gasteiger partial charge in [-0.05, 0) is 12.8 Å². The van der Waals surface area contributed by atoms with Crippen molar-refractivity contribution in [1.82, 2.24) is 10.2 Å². The number of nitrogens with one attached hydrogen (secondary N) is 1. The number of methoxy groups -OCH3 is 1. The van der Waals surface area contributed by atoms with Crippen molar-refractivity contribution in [3.05, 3.63) is 0 Å². The van der Waals surface area contributed by atoms with Crippen LogP contribution in [0.25, 0.3) is 0 Å². The van der Waals surface area contributed by atoms with E-state index in [0.29, 0.717) is 13.2 Å². The summed E-state index contributed by atoms with van der Waals surface area (Å²) in [6.07, 6.45) is 1.52. The minimum atomic E-state index is -1.20. The lowest BCUT2D eigenvalue weighted by Crippen LogP contribution is -2.46. The number of nitrogens with zero attached hydrogens (tertiary/aromatic N) is 1. The van der Waals surface area contributed by atoms with Crippen LogP contribution in [0, 0.1) is 0 Å². The number of ether oxygens (including phenoxy) is 1. The molecule has 0 aliphatic carbocycles. The van der Waals surface area contributed by atoms with Gasteiger partial charge < -0.3 is 20.1 Å². The van der Waals surface area contributed by atoms with Gasteiger partial charge in [0.1, 0.15) is 6.04 Å². The molecule has 2 amide bonds. The lowest BCUT2D eigenvalue weighted by Gasteiger charge is -2.25. The monoisotopic (exact) mass is 272 g/mol. The molecule has 0 radical (unpaired) electrons. The van der Waals surface area contributed by atoms with Gasteiger partial charge in [0, 0.05) is 20.6 Å². The maximum absolute atomic E-state index is 12.1. The Bertz CT molecular complexity index is 358. The second-order valence-electron chi connectivity index (χ2n) is 4.63. The summed E-state index contributed by atoms with van der Waals surface area (Å²) in [7, 11) is 1.57. The molecule has 1 heterocycles. The van der Waals surface area contributed by atoms with Crippen molar-refractivity contribution < 1.29 is 24.2 Å². The lowest BCUT2D eigenvalue weighted by molar-refractivity contribution is -0.145. The Morgan fingerprint density at radius 3 is 2.68 bits per heavy atom. The predicted molar refractivity (Wildman–Crippen MR) is 66.5 cm³/mol. The van der Waals surface area contributed by atoms with E-state index in [1.54, 1.807) is 12.0 Å². The summed E-state index contributed by atoms with van der Waals surface area (Å²) in [4.78, 5) is 35.6. The molecule has 2 N–H and O–H groups in total. The summed E-state index contributed by atoms with van der Waals surface area (Å²) in [5, 5.41) is 11.2. The molecule has 1 aliphatic rings. The Morgan fingerprint density at radius 1 is 1.47 bits per heavy atom. The van der Waals surface area contributed by atoms with Crippen molar-refractivity contribution >= 4 is 17.8 Å². The van der Waals surface area contributed by atoms with Crippen LogP contribution in [0.2, 0.25) is 0 Å². The van der Waals surface area contributed by atoms with Gasteiger partial charge in [-0.3, -0.25) is 9.59 Å². The van der Waals surface area contributed by atoms with Crippen molar-refractivity contribution in [1.29, 1.82) is 0 Å². The highest BCUT2D eigenvalue weighted by Gasteiger charge is 2.31. The number of carbonyl (C=O) groups excluding carboxylic acids is 2. The minimum absolute atomic E-state index is 0.00396. The van der Waals surface area contributed by atoms with E-state index in [0.717, 1.165) is 12.8 Å². The van der Waals surface area contributed by atoms with Crippen LogP contribution in [-0.2, 0) is 19.1 Å². The Labute approximate surface area is 111 Å². The van der Waals surface area contributed by atoms with Gasteiger partial charge in [0.25, 0.3) is 0 Å². The van der Waals surface area contributed by atoms with E-state index in [2.05, 4.69) is 5.32 Å². The smallest absolute Gasteiger partial charge is 0.326 e. The molecule has 2 atom stereocenters.